The predicted molar refractivity (Wildman–Crippen MR) is 72.8 cm³/mol. The minimum atomic E-state index is 0.920. The van der Waals surface area contributed by atoms with Crippen LogP contribution in [0.15, 0.2) is 24.3 Å². The van der Waals surface area contributed by atoms with Gasteiger partial charge in [0.05, 0.1) is 0 Å². The van der Waals surface area contributed by atoms with E-state index in [2.05, 4.69) is 39.4 Å². The van der Waals surface area contributed by atoms with Crippen LogP contribution >= 0.6 is 0 Å². The molecule has 1 saturated carbocycles. The molecule has 0 amide bonds. The van der Waals surface area contributed by atoms with Gasteiger partial charge in [-0.2, -0.15) is 0 Å². The monoisotopic (exact) mass is 231 g/mol. The second-order valence-electron chi connectivity index (χ2n) is 5.05. The lowest BCUT2D eigenvalue weighted by atomic mass is 10.2. The zero-order valence-corrected chi connectivity index (χ0v) is 10.5. The molecule has 0 atom stereocenters. The average Bonchev–Trinajstić information content (AvgIpc) is 3.24. The van der Waals surface area contributed by atoms with Gasteiger partial charge in [-0.1, -0.05) is 0 Å². The molecule has 1 aliphatic heterocycles. The molecule has 1 aromatic carbocycles. The van der Waals surface area contributed by atoms with Crippen molar-refractivity contribution in [1.29, 1.82) is 0 Å². The SMILES string of the molecule is CNc1ccc(N2CCN(C3CC3)CC2)cc1. The molecule has 17 heavy (non-hydrogen) atoms. The first-order chi connectivity index (χ1) is 8.36. The van der Waals surface area contributed by atoms with Crippen LogP contribution in [0.1, 0.15) is 12.8 Å². The number of hydrogen-bond acceptors (Lipinski definition) is 3. The van der Waals surface area contributed by atoms with E-state index < -0.39 is 0 Å². The molecule has 0 spiro atoms. The molecule has 92 valence electrons. The van der Waals surface area contributed by atoms with Crippen molar-refractivity contribution in [2.75, 3.05) is 43.4 Å². The Bertz CT molecular complexity index is 362. The summed E-state index contributed by atoms with van der Waals surface area (Å²) in [5.74, 6) is 0. The van der Waals surface area contributed by atoms with Crippen molar-refractivity contribution in [3.8, 4) is 0 Å². The summed E-state index contributed by atoms with van der Waals surface area (Å²) in [4.78, 5) is 5.15. The van der Waals surface area contributed by atoms with Crippen LogP contribution in [0.2, 0.25) is 0 Å². The summed E-state index contributed by atoms with van der Waals surface area (Å²) >= 11 is 0. The topological polar surface area (TPSA) is 18.5 Å². The van der Waals surface area contributed by atoms with Gasteiger partial charge in [-0.25, -0.2) is 0 Å². The highest BCUT2D eigenvalue weighted by atomic mass is 15.3. The molecule has 0 bridgehead atoms. The number of anilines is 2. The summed E-state index contributed by atoms with van der Waals surface area (Å²) in [6.45, 7) is 4.82. The van der Waals surface area contributed by atoms with Crippen LogP contribution in [-0.4, -0.2) is 44.2 Å². The number of piperazine rings is 1. The van der Waals surface area contributed by atoms with Crippen molar-refractivity contribution >= 4 is 11.4 Å². The fourth-order valence-corrected chi connectivity index (χ4v) is 2.62. The molecule has 3 heteroatoms. The van der Waals surface area contributed by atoms with E-state index in [-0.39, 0.29) is 0 Å². The highest BCUT2D eigenvalue weighted by Gasteiger charge is 2.31. The second kappa shape index (κ2) is 4.57. The van der Waals surface area contributed by atoms with Crippen LogP contribution < -0.4 is 10.2 Å². The molecule has 1 saturated heterocycles. The molecular weight excluding hydrogens is 210 g/mol. The van der Waals surface area contributed by atoms with E-state index in [4.69, 9.17) is 0 Å². The molecule has 1 aromatic rings. The van der Waals surface area contributed by atoms with Crippen LogP contribution in [-0.2, 0) is 0 Å². The highest BCUT2D eigenvalue weighted by Crippen LogP contribution is 2.28. The van der Waals surface area contributed by atoms with Gasteiger partial charge in [0.1, 0.15) is 0 Å². The van der Waals surface area contributed by atoms with Crippen molar-refractivity contribution < 1.29 is 0 Å². The first kappa shape index (κ1) is 10.9. The zero-order chi connectivity index (χ0) is 11.7. The number of rotatable bonds is 3. The van der Waals surface area contributed by atoms with Gasteiger partial charge in [0.25, 0.3) is 0 Å². The molecule has 3 rings (SSSR count). The fourth-order valence-electron chi connectivity index (χ4n) is 2.62. The van der Waals surface area contributed by atoms with Gasteiger partial charge in [0.2, 0.25) is 0 Å². The van der Waals surface area contributed by atoms with E-state index in [0.717, 1.165) is 6.04 Å². The van der Waals surface area contributed by atoms with Crippen molar-refractivity contribution in [3.63, 3.8) is 0 Å². The third-order valence-electron chi connectivity index (χ3n) is 3.90. The van der Waals surface area contributed by atoms with Crippen LogP contribution in [0.25, 0.3) is 0 Å². The van der Waals surface area contributed by atoms with E-state index in [9.17, 15) is 0 Å². The Hall–Kier alpha value is -1.22. The molecular formula is C14H21N3. The lowest BCUT2D eigenvalue weighted by molar-refractivity contribution is 0.248. The number of nitrogens with zero attached hydrogens (tertiary/aromatic N) is 2. The number of benzene rings is 1. The Morgan fingerprint density at radius 1 is 1.00 bits per heavy atom. The van der Waals surface area contributed by atoms with E-state index in [1.807, 2.05) is 7.05 Å². The van der Waals surface area contributed by atoms with Crippen LogP contribution in [0.4, 0.5) is 11.4 Å². The Morgan fingerprint density at radius 3 is 2.18 bits per heavy atom. The minimum Gasteiger partial charge on any atom is -0.388 e. The summed E-state index contributed by atoms with van der Waals surface area (Å²) in [6.07, 6.45) is 2.85. The molecule has 0 unspecified atom stereocenters. The normalized spacial score (nSPS) is 21.6. The van der Waals surface area contributed by atoms with Gasteiger partial charge in [-0.15, -0.1) is 0 Å². The Morgan fingerprint density at radius 2 is 1.65 bits per heavy atom. The summed E-state index contributed by atoms with van der Waals surface area (Å²) in [5, 5.41) is 3.16. The van der Waals surface area contributed by atoms with Crippen LogP contribution in [0.5, 0.6) is 0 Å². The van der Waals surface area contributed by atoms with Crippen LogP contribution in [0.3, 0.4) is 0 Å². The van der Waals surface area contributed by atoms with Crippen molar-refractivity contribution in [1.82, 2.24) is 4.90 Å². The summed E-state index contributed by atoms with van der Waals surface area (Å²) in [5.41, 5.74) is 2.55. The molecule has 3 nitrogen and oxygen atoms in total. The van der Waals surface area contributed by atoms with Crippen LogP contribution in [0, 0.1) is 0 Å². The third kappa shape index (κ3) is 2.39. The van der Waals surface area contributed by atoms with Gasteiger partial charge in [-0.05, 0) is 37.1 Å². The van der Waals surface area contributed by atoms with E-state index in [1.54, 1.807) is 0 Å². The molecule has 2 aliphatic rings. The maximum atomic E-state index is 3.16. The Labute approximate surface area is 103 Å². The lowest BCUT2D eigenvalue weighted by Gasteiger charge is -2.36. The first-order valence-electron chi connectivity index (χ1n) is 6.63. The van der Waals surface area contributed by atoms with Crippen molar-refractivity contribution in [2.45, 2.75) is 18.9 Å². The molecule has 2 fully saturated rings. The molecule has 1 heterocycles. The van der Waals surface area contributed by atoms with Gasteiger partial charge >= 0.3 is 0 Å². The Balaban J connectivity index is 1.60. The number of hydrogen-bond donors (Lipinski definition) is 1. The summed E-state index contributed by atoms with van der Waals surface area (Å²) < 4.78 is 0. The molecule has 1 N–H and O–H groups in total. The predicted octanol–water partition coefficient (Wildman–Crippen LogP) is 2.01. The van der Waals surface area contributed by atoms with Crippen molar-refractivity contribution in [3.05, 3.63) is 24.3 Å². The van der Waals surface area contributed by atoms with E-state index >= 15 is 0 Å². The van der Waals surface area contributed by atoms with E-state index in [0.29, 0.717) is 0 Å². The van der Waals surface area contributed by atoms with Gasteiger partial charge in [-0.3, -0.25) is 4.90 Å². The molecule has 1 aliphatic carbocycles. The van der Waals surface area contributed by atoms with E-state index in [1.165, 1.54) is 50.4 Å². The molecule has 0 radical (unpaired) electrons. The summed E-state index contributed by atoms with van der Waals surface area (Å²) in [7, 11) is 1.96. The maximum absolute atomic E-state index is 3.16. The minimum absolute atomic E-state index is 0.920. The Kier molecular flexibility index (Phi) is 2.93. The third-order valence-corrected chi connectivity index (χ3v) is 3.90. The standard InChI is InChI=1S/C14H21N3/c1-15-12-2-4-13(5-3-12)16-8-10-17(11-9-16)14-6-7-14/h2-5,14-15H,6-11H2,1H3. The fraction of sp³-hybridized carbons (Fsp3) is 0.571. The summed E-state index contributed by atoms with van der Waals surface area (Å²) in [6, 6.07) is 9.67. The molecule has 0 aromatic heterocycles. The average molecular weight is 231 g/mol. The second-order valence-corrected chi connectivity index (χ2v) is 5.05. The maximum Gasteiger partial charge on any atom is 0.0368 e. The first-order valence-corrected chi connectivity index (χ1v) is 6.63. The van der Waals surface area contributed by atoms with Gasteiger partial charge < -0.3 is 10.2 Å². The highest BCUT2D eigenvalue weighted by molar-refractivity contribution is 5.55. The smallest absolute Gasteiger partial charge is 0.0368 e. The zero-order valence-electron chi connectivity index (χ0n) is 10.5. The largest absolute Gasteiger partial charge is 0.388 e. The van der Waals surface area contributed by atoms with Gasteiger partial charge in [0.15, 0.2) is 0 Å². The number of nitrogens with one attached hydrogen (secondary N) is 1. The quantitative estimate of drug-likeness (QED) is 0.858. The van der Waals surface area contributed by atoms with Crippen molar-refractivity contribution in [2.24, 2.45) is 0 Å². The lowest BCUT2D eigenvalue weighted by Crippen LogP contribution is -2.47. The van der Waals surface area contributed by atoms with Gasteiger partial charge in [0, 0.05) is 50.6 Å².